The fourth-order valence-electron chi connectivity index (χ4n) is 3.39. The van der Waals surface area contributed by atoms with E-state index < -0.39 is 17.4 Å². The lowest BCUT2D eigenvalue weighted by Gasteiger charge is -2.40. The SMILES string of the molecule is CN1CCN(C(=O)CCC(=O)c2ccc(F)cc2F)[C@H](c2ccccc2)C1. The number of nitrogens with zero attached hydrogens (tertiary/aromatic N) is 2. The minimum atomic E-state index is -0.894. The Kier molecular flexibility index (Phi) is 5.96. The van der Waals surface area contributed by atoms with Gasteiger partial charge in [0, 0.05) is 38.5 Å². The summed E-state index contributed by atoms with van der Waals surface area (Å²) in [7, 11) is 2.01. The summed E-state index contributed by atoms with van der Waals surface area (Å²) in [6.45, 7) is 2.06. The summed E-state index contributed by atoms with van der Waals surface area (Å²) in [6, 6.07) is 12.6. The highest BCUT2D eigenvalue weighted by atomic mass is 19.1. The van der Waals surface area contributed by atoms with Gasteiger partial charge in [0.1, 0.15) is 11.6 Å². The van der Waals surface area contributed by atoms with Crippen LogP contribution in [0.3, 0.4) is 0 Å². The van der Waals surface area contributed by atoms with Crippen LogP contribution in [0.5, 0.6) is 0 Å². The first-order valence-corrected chi connectivity index (χ1v) is 8.97. The topological polar surface area (TPSA) is 40.6 Å². The van der Waals surface area contributed by atoms with E-state index in [-0.39, 0.29) is 30.4 Å². The van der Waals surface area contributed by atoms with Gasteiger partial charge in [-0.05, 0) is 24.7 Å². The first-order valence-electron chi connectivity index (χ1n) is 8.97. The number of piperazine rings is 1. The molecule has 1 atom stereocenters. The smallest absolute Gasteiger partial charge is 0.223 e. The van der Waals surface area contributed by atoms with Gasteiger partial charge in [-0.2, -0.15) is 0 Å². The van der Waals surface area contributed by atoms with Crippen molar-refractivity contribution < 1.29 is 18.4 Å². The molecular formula is C21H22F2N2O2. The van der Waals surface area contributed by atoms with E-state index in [0.717, 1.165) is 30.8 Å². The van der Waals surface area contributed by atoms with Crippen molar-refractivity contribution in [2.75, 3.05) is 26.7 Å². The molecule has 2 aromatic rings. The number of ketones is 1. The van der Waals surface area contributed by atoms with Crippen LogP contribution in [0.4, 0.5) is 8.78 Å². The molecule has 1 aliphatic heterocycles. The average molecular weight is 372 g/mol. The molecule has 3 rings (SSSR count). The van der Waals surface area contributed by atoms with Gasteiger partial charge < -0.3 is 9.80 Å². The van der Waals surface area contributed by atoms with Crippen molar-refractivity contribution in [3.63, 3.8) is 0 Å². The van der Waals surface area contributed by atoms with Crippen molar-refractivity contribution in [3.8, 4) is 0 Å². The number of carbonyl (C=O) groups excluding carboxylic acids is 2. The molecule has 0 aliphatic carbocycles. The second-order valence-corrected chi connectivity index (χ2v) is 6.82. The highest BCUT2D eigenvalue weighted by molar-refractivity contribution is 5.98. The van der Waals surface area contributed by atoms with E-state index in [1.165, 1.54) is 0 Å². The zero-order chi connectivity index (χ0) is 19.4. The predicted octanol–water partition coefficient (Wildman–Crippen LogP) is 3.44. The summed E-state index contributed by atoms with van der Waals surface area (Å²) in [5.41, 5.74) is 0.871. The van der Waals surface area contributed by atoms with Crippen LogP contribution in [-0.2, 0) is 4.79 Å². The van der Waals surface area contributed by atoms with Crippen molar-refractivity contribution in [2.45, 2.75) is 18.9 Å². The van der Waals surface area contributed by atoms with E-state index >= 15 is 0 Å². The van der Waals surface area contributed by atoms with Gasteiger partial charge in [0.05, 0.1) is 11.6 Å². The van der Waals surface area contributed by atoms with Crippen LogP contribution in [0.25, 0.3) is 0 Å². The van der Waals surface area contributed by atoms with Gasteiger partial charge in [-0.1, -0.05) is 30.3 Å². The number of rotatable bonds is 5. The number of halogens is 2. The van der Waals surface area contributed by atoms with E-state index in [1.54, 1.807) is 4.90 Å². The van der Waals surface area contributed by atoms with Crippen LogP contribution in [-0.4, -0.2) is 48.2 Å². The Hall–Kier alpha value is -2.60. The molecule has 4 nitrogen and oxygen atoms in total. The zero-order valence-electron chi connectivity index (χ0n) is 15.2. The molecule has 142 valence electrons. The Morgan fingerprint density at radius 1 is 1.04 bits per heavy atom. The van der Waals surface area contributed by atoms with Crippen LogP contribution < -0.4 is 0 Å². The number of carbonyl (C=O) groups is 2. The standard InChI is InChI=1S/C21H22F2N2O2/c1-24-11-12-25(19(14-24)15-5-3-2-4-6-15)21(27)10-9-20(26)17-8-7-16(22)13-18(17)23/h2-8,13,19H,9-12,14H2,1H3/t19-/m0/s1. The van der Waals surface area contributed by atoms with Crippen LogP contribution in [0.1, 0.15) is 34.8 Å². The normalized spacial score (nSPS) is 17.7. The maximum Gasteiger partial charge on any atom is 0.223 e. The van der Waals surface area contributed by atoms with E-state index in [4.69, 9.17) is 0 Å². The Balaban J connectivity index is 1.67. The molecule has 0 radical (unpaired) electrons. The molecule has 27 heavy (non-hydrogen) atoms. The third-order valence-corrected chi connectivity index (χ3v) is 4.89. The quantitative estimate of drug-likeness (QED) is 0.755. The molecule has 0 aromatic heterocycles. The fourth-order valence-corrected chi connectivity index (χ4v) is 3.39. The zero-order valence-corrected chi connectivity index (χ0v) is 15.2. The number of Topliss-reactive ketones (excluding diaryl/α,β-unsaturated/α-hetero) is 1. The number of hydrogen-bond acceptors (Lipinski definition) is 3. The summed E-state index contributed by atoms with van der Waals surface area (Å²) in [6.07, 6.45) is -0.0993. The molecular weight excluding hydrogens is 350 g/mol. The Bertz CT molecular complexity index is 826. The molecule has 1 fully saturated rings. The van der Waals surface area contributed by atoms with Crippen molar-refractivity contribution >= 4 is 11.7 Å². The molecule has 1 saturated heterocycles. The minimum Gasteiger partial charge on any atom is -0.333 e. The number of amides is 1. The van der Waals surface area contributed by atoms with E-state index in [9.17, 15) is 18.4 Å². The highest BCUT2D eigenvalue weighted by Crippen LogP contribution is 2.26. The van der Waals surface area contributed by atoms with Crippen LogP contribution >= 0.6 is 0 Å². The lowest BCUT2D eigenvalue weighted by molar-refractivity contribution is -0.136. The summed E-state index contributed by atoms with van der Waals surface area (Å²) < 4.78 is 26.7. The van der Waals surface area contributed by atoms with Crippen molar-refractivity contribution in [1.82, 2.24) is 9.80 Å². The van der Waals surface area contributed by atoms with Crippen LogP contribution in [0.2, 0.25) is 0 Å². The third kappa shape index (κ3) is 4.57. The Labute approximate surface area is 157 Å². The van der Waals surface area contributed by atoms with Gasteiger partial charge in [-0.25, -0.2) is 8.78 Å². The predicted molar refractivity (Wildman–Crippen MR) is 98.3 cm³/mol. The van der Waals surface area contributed by atoms with E-state index in [2.05, 4.69) is 4.90 Å². The first-order chi connectivity index (χ1) is 13.0. The number of likely N-dealkylation sites (N-methyl/N-ethyl adjacent to an activating group) is 1. The number of hydrogen-bond donors (Lipinski definition) is 0. The second kappa shape index (κ2) is 8.39. The molecule has 0 saturated carbocycles. The van der Waals surface area contributed by atoms with Gasteiger partial charge in [0.25, 0.3) is 0 Å². The first kappa shape index (κ1) is 19.2. The summed E-state index contributed by atoms with van der Waals surface area (Å²) in [4.78, 5) is 29.0. The Morgan fingerprint density at radius 3 is 2.48 bits per heavy atom. The molecule has 2 aromatic carbocycles. The molecule has 0 bridgehead atoms. The van der Waals surface area contributed by atoms with Crippen molar-refractivity contribution in [2.24, 2.45) is 0 Å². The maximum atomic E-state index is 13.7. The van der Waals surface area contributed by atoms with E-state index in [0.29, 0.717) is 12.6 Å². The molecule has 0 unspecified atom stereocenters. The molecule has 1 aliphatic rings. The molecule has 6 heteroatoms. The highest BCUT2D eigenvalue weighted by Gasteiger charge is 2.30. The number of benzene rings is 2. The Morgan fingerprint density at radius 2 is 1.78 bits per heavy atom. The average Bonchev–Trinajstić information content (AvgIpc) is 2.66. The second-order valence-electron chi connectivity index (χ2n) is 6.82. The summed E-state index contributed by atoms with van der Waals surface area (Å²) in [5.74, 6) is -2.25. The molecule has 1 heterocycles. The van der Waals surface area contributed by atoms with Crippen molar-refractivity contribution in [1.29, 1.82) is 0 Å². The third-order valence-electron chi connectivity index (χ3n) is 4.89. The maximum absolute atomic E-state index is 13.7. The molecule has 0 spiro atoms. The monoisotopic (exact) mass is 372 g/mol. The van der Waals surface area contributed by atoms with Gasteiger partial charge in [0.2, 0.25) is 5.91 Å². The fraction of sp³-hybridized carbons (Fsp3) is 0.333. The molecule has 0 N–H and O–H groups in total. The van der Waals surface area contributed by atoms with Crippen molar-refractivity contribution in [3.05, 3.63) is 71.3 Å². The van der Waals surface area contributed by atoms with Gasteiger partial charge >= 0.3 is 0 Å². The summed E-state index contributed by atoms with van der Waals surface area (Å²) >= 11 is 0. The summed E-state index contributed by atoms with van der Waals surface area (Å²) in [5, 5.41) is 0. The molecule has 1 amide bonds. The minimum absolute atomic E-state index is 0.00268. The lowest BCUT2D eigenvalue weighted by atomic mass is 10.0. The lowest BCUT2D eigenvalue weighted by Crippen LogP contribution is -2.49. The van der Waals surface area contributed by atoms with Gasteiger partial charge in [-0.3, -0.25) is 9.59 Å². The van der Waals surface area contributed by atoms with E-state index in [1.807, 2.05) is 37.4 Å². The van der Waals surface area contributed by atoms with Gasteiger partial charge in [0.15, 0.2) is 5.78 Å². The van der Waals surface area contributed by atoms with Crippen LogP contribution in [0, 0.1) is 11.6 Å². The van der Waals surface area contributed by atoms with Crippen LogP contribution in [0.15, 0.2) is 48.5 Å². The largest absolute Gasteiger partial charge is 0.333 e. The van der Waals surface area contributed by atoms with Gasteiger partial charge in [-0.15, -0.1) is 0 Å².